The van der Waals surface area contributed by atoms with Crippen LogP contribution in [0.4, 0.5) is 11.4 Å². The van der Waals surface area contributed by atoms with Gasteiger partial charge in [0.05, 0.1) is 41.3 Å². The van der Waals surface area contributed by atoms with Gasteiger partial charge in [0.1, 0.15) is 19.0 Å². The van der Waals surface area contributed by atoms with Crippen molar-refractivity contribution in [2.45, 2.75) is 44.8 Å². The van der Waals surface area contributed by atoms with E-state index in [1.165, 1.54) is 15.6 Å². The zero-order valence-electron chi connectivity index (χ0n) is 25.1. The normalized spacial score (nSPS) is 19.9. The first-order valence-electron chi connectivity index (χ1n) is 15.1. The fraction of sp³-hybridized carbons (Fsp3) is 0.406. The lowest BCUT2D eigenvalue weighted by molar-refractivity contribution is -0.0660. The maximum absolute atomic E-state index is 12.9. The molecule has 6 rings (SSSR count). The zero-order valence-corrected chi connectivity index (χ0v) is 26.6. The Balaban J connectivity index is 0.985. The highest BCUT2D eigenvalue weighted by Crippen LogP contribution is 2.33. The number of hydrogen-bond donors (Lipinski definition) is 1. The van der Waals surface area contributed by atoms with Crippen molar-refractivity contribution in [2.75, 3.05) is 49.2 Å². The van der Waals surface area contributed by atoms with Crippen LogP contribution in [0, 0.1) is 0 Å². The highest BCUT2D eigenvalue weighted by atomic mass is 35.5. The minimum absolute atomic E-state index is 0.243. The Bertz CT molecular complexity index is 1640. The van der Waals surface area contributed by atoms with Crippen molar-refractivity contribution in [1.82, 2.24) is 19.3 Å². The van der Waals surface area contributed by atoms with Crippen molar-refractivity contribution in [2.24, 2.45) is 0 Å². The summed E-state index contributed by atoms with van der Waals surface area (Å²) in [6.07, 6.45) is 2.50. The van der Waals surface area contributed by atoms with Crippen LogP contribution in [0.2, 0.25) is 10.0 Å². The summed E-state index contributed by atoms with van der Waals surface area (Å²) in [7, 11) is 0. The third-order valence-corrected chi connectivity index (χ3v) is 8.79. The Kier molecular flexibility index (Phi) is 9.62. The molecular formula is C32H36Cl2N6O5. The number of aliphatic hydroxyl groups is 1. The second kappa shape index (κ2) is 13.8. The van der Waals surface area contributed by atoms with Gasteiger partial charge in [-0.3, -0.25) is 0 Å². The summed E-state index contributed by atoms with van der Waals surface area (Å²) in [5.74, 6) is 0.523. The monoisotopic (exact) mass is 654 g/mol. The highest BCUT2D eigenvalue weighted by molar-refractivity contribution is 6.35. The predicted octanol–water partition coefficient (Wildman–Crippen LogP) is 4.89. The van der Waals surface area contributed by atoms with Gasteiger partial charge >= 0.3 is 5.69 Å². The molecule has 0 radical (unpaired) electrons. The maximum Gasteiger partial charge on any atom is 0.350 e. The number of anilines is 2. The number of hydrogen-bond acceptors (Lipinski definition) is 9. The van der Waals surface area contributed by atoms with E-state index in [2.05, 4.69) is 19.9 Å². The summed E-state index contributed by atoms with van der Waals surface area (Å²) in [6, 6.07) is 16.7. The molecule has 238 valence electrons. The largest absolute Gasteiger partial charge is 0.475 e. The molecule has 11 nitrogen and oxygen atoms in total. The van der Waals surface area contributed by atoms with Gasteiger partial charge in [0.2, 0.25) is 5.88 Å². The third kappa shape index (κ3) is 6.97. The molecule has 1 N–H and O–H groups in total. The number of nitrogens with zero attached hydrogens (tertiary/aromatic N) is 6. The van der Waals surface area contributed by atoms with Crippen LogP contribution in [0.1, 0.15) is 38.2 Å². The number of piperazine rings is 1. The molecule has 45 heavy (non-hydrogen) atoms. The van der Waals surface area contributed by atoms with Gasteiger partial charge in [0.15, 0.2) is 6.29 Å². The molecule has 4 aromatic rings. The number of benzene rings is 2. The molecule has 3 unspecified atom stereocenters. The number of rotatable bonds is 10. The Hall–Kier alpha value is -3.61. The number of halogens is 2. The van der Waals surface area contributed by atoms with E-state index in [9.17, 15) is 9.90 Å². The molecule has 0 amide bonds. The molecule has 0 saturated carbocycles. The smallest absolute Gasteiger partial charge is 0.350 e. The van der Waals surface area contributed by atoms with E-state index in [0.29, 0.717) is 35.6 Å². The fourth-order valence-electron chi connectivity index (χ4n) is 5.70. The van der Waals surface area contributed by atoms with Gasteiger partial charge in [0, 0.05) is 48.5 Å². The summed E-state index contributed by atoms with van der Waals surface area (Å²) in [5.41, 5.74) is 3.34. The lowest BCUT2D eigenvalue weighted by atomic mass is 10.1. The molecule has 4 heterocycles. The van der Waals surface area contributed by atoms with Gasteiger partial charge in [-0.2, -0.15) is 5.10 Å². The molecular weight excluding hydrogens is 619 g/mol. The number of aromatic nitrogens is 4. The van der Waals surface area contributed by atoms with Crippen LogP contribution < -0.4 is 20.2 Å². The van der Waals surface area contributed by atoms with E-state index < -0.39 is 12.4 Å². The Morgan fingerprint density at radius 2 is 1.69 bits per heavy atom. The van der Waals surface area contributed by atoms with Crippen LogP contribution in [0.25, 0.3) is 5.69 Å². The second-order valence-corrected chi connectivity index (χ2v) is 12.0. The van der Waals surface area contributed by atoms with Crippen molar-refractivity contribution in [3.05, 3.63) is 93.2 Å². The molecule has 2 saturated heterocycles. The Morgan fingerprint density at radius 3 is 2.33 bits per heavy atom. The van der Waals surface area contributed by atoms with E-state index in [0.717, 1.165) is 48.8 Å². The number of aliphatic hydroxyl groups excluding tert-OH is 1. The lowest BCUT2D eigenvalue weighted by Crippen LogP contribution is -2.46. The molecule has 2 fully saturated rings. The van der Waals surface area contributed by atoms with Crippen LogP contribution >= 0.6 is 23.2 Å². The van der Waals surface area contributed by atoms with Crippen LogP contribution in [-0.4, -0.2) is 76.0 Å². The third-order valence-electron chi connectivity index (χ3n) is 8.22. The van der Waals surface area contributed by atoms with Crippen molar-refractivity contribution < 1.29 is 19.3 Å². The van der Waals surface area contributed by atoms with Crippen molar-refractivity contribution >= 4 is 34.6 Å². The van der Waals surface area contributed by atoms with E-state index >= 15 is 0 Å². The van der Waals surface area contributed by atoms with Gasteiger partial charge in [-0.15, -0.1) is 0 Å². The number of pyridine rings is 1. The Morgan fingerprint density at radius 1 is 1.00 bits per heavy atom. The topological polar surface area (TPSA) is 107 Å². The molecule has 0 spiro atoms. The standard InChI is InChI=1S/C32H36Cl2N6O5/c1-3-29(21(2)41)40-32(42)39(20-36-40)24-7-5-23(6-8-24)37-12-14-38(15-13-37)25-9-11-30(35-17-25)43-18-26-19-44-31(45-26)27-10-4-22(33)16-28(27)34/h4-11,16-17,20-21,26,29,31,41H,3,12-15,18-19H2,1-2H3/t21?,26-,29?,31?/m0/s1. The van der Waals surface area contributed by atoms with Gasteiger partial charge in [0.25, 0.3) is 0 Å². The Labute approximate surface area is 271 Å². The van der Waals surface area contributed by atoms with Gasteiger partial charge in [-0.25, -0.2) is 19.0 Å². The van der Waals surface area contributed by atoms with Crippen molar-refractivity contribution in [3.8, 4) is 11.6 Å². The molecule has 0 aliphatic carbocycles. The maximum atomic E-state index is 12.9. The summed E-state index contributed by atoms with van der Waals surface area (Å²) in [4.78, 5) is 22.1. The minimum atomic E-state index is -0.664. The van der Waals surface area contributed by atoms with Crippen molar-refractivity contribution in [3.63, 3.8) is 0 Å². The molecule has 13 heteroatoms. The van der Waals surface area contributed by atoms with E-state index in [1.54, 1.807) is 25.1 Å². The first-order valence-corrected chi connectivity index (χ1v) is 15.8. The van der Waals surface area contributed by atoms with E-state index in [1.807, 2.05) is 49.5 Å². The molecule has 2 aromatic heterocycles. The van der Waals surface area contributed by atoms with Gasteiger partial charge in [-0.1, -0.05) is 36.2 Å². The summed E-state index contributed by atoms with van der Waals surface area (Å²) >= 11 is 12.3. The second-order valence-electron chi connectivity index (χ2n) is 11.2. The lowest BCUT2D eigenvalue weighted by Gasteiger charge is -2.37. The van der Waals surface area contributed by atoms with Crippen LogP contribution in [0.5, 0.6) is 5.88 Å². The SMILES string of the molecule is CCC(C(C)O)n1ncn(-c2ccc(N3CCN(c4ccc(OC[C@H]5COC(c6ccc(Cl)cc6Cl)O5)nc4)CC3)cc2)c1=O. The summed E-state index contributed by atoms with van der Waals surface area (Å²) in [5, 5.41) is 15.3. The summed E-state index contributed by atoms with van der Waals surface area (Å²) in [6.45, 7) is 7.68. The molecule has 0 bridgehead atoms. The van der Waals surface area contributed by atoms with E-state index in [4.69, 9.17) is 37.4 Å². The van der Waals surface area contributed by atoms with Crippen LogP contribution in [0.3, 0.4) is 0 Å². The highest BCUT2D eigenvalue weighted by Gasteiger charge is 2.29. The van der Waals surface area contributed by atoms with Gasteiger partial charge < -0.3 is 29.1 Å². The number of ether oxygens (including phenoxy) is 3. The quantitative estimate of drug-likeness (QED) is 0.256. The van der Waals surface area contributed by atoms with Crippen LogP contribution in [-0.2, 0) is 9.47 Å². The van der Waals surface area contributed by atoms with Gasteiger partial charge in [-0.05, 0) is 55.8 Å². The average molecular weight is 656 g/mol. The molecule has 4 atom stereocenters. The van der Waals surface area contributed by atoms with Crippen LogP contribution in [0.15, 0.2) is 71.9 Å². The first kappa shape index (κ1) is 31.4. The average Bonchev–Trinajstić information content (AvgIpc) is 3.67. The zero-order chi connectivity index (χ0) is 31.5. The molecule has 2 aromatic carbocycles. The fourth-order valence-corrected chi connectivity index (χ4v) is 6.20. The first-order chi connectivity index (χ1) is 21.8. The minimum Gasteiger partial charge on any atom is -0.475 e. The summed E-state index contributed by atoms with van der Waals surface area (Å²) < 4.78 is 20.5. The molecule has 2 aliphatic rings. The molecule has 2 aliphatic heterocycles. The van der Waals surface area contributed by atoms with E-state index in [-0.39, 0.29) is 17.8 Å². The predicted molar refractivity (Wildman–Crippen MR) is 173 cm³/mol. The van der Waals surface area contributed by atoms with Crippen molar-refractivity contribution in [1.29, 1.82) is 0 Å².